The van der Waals surface area contributed by atoms with Gasteiger partial charge in [0.15, 0.2) is 11.5 Å². The molecule has 2 aliphatic heterocycles. The number of carbonyl (C=O) groups is 1. The van der Waals surface area contributed by atoms with Gasteiger partial charge in [0.2, 0.25) is 0 Å². The first kappa shape index (κ1) is 14.2. The van der Waals surface area contributed by atoms with Crippen molar-refractivity contribution in [2.24, 2.45) is 0 Å². The Kier molecular flexibility index (Phi) is 3.47. The molecule has 1 spiro atoms. The summed E-state index contributed by atoms with van der Waals surface area (Å²) in [5, 5.41) is 0.925. The highest BCUT2D eigenvalue weighted by Gasteiger charge is 2.41. The number of para-hydroxylation sites is 1. The Morgan fingerprint density at radius 3 is 2.59 bits per heavy atom. The number of ether oxygens (including phenoxy) is 2. The largest absolute Gasteiger partial charge is 0.450 e. The summed E-state index contributed by atoms with van der Waals surface area (Å²) in [6.07, 6.45) is 1.42. The first-order valence-electron chi connectivity index (χ1n) is 7.42. The molecule has 1 aromatic heterocycles. The van der Waals surface area contributed by atoms with Crippen molar-refractivity contribution in [2.75, 3.05) is 26.3 Å². The number of nitrogens with zero attached hydrogens (tertiary/aromatic N) is 1. The molecule has 1 amide bonds. The Morgan fingerprint density at radius 1 is 1.18 bits per heavy atom. The van der Waals surface area contributed by atoms with Crippen LogP contribution in [0, 0.1) is 0 Å². The first-order valence-corrected chi connectivity index (χ1v) is 8.21. The van der Waals surface area contributed by atoms with E-state index in [-0.39, 0.29) is 5.91 Å². The normalized spacial score (nSPS) is 20.9. The molecule has 22 heavy (non-hydrogen) atoms. The molecule has 4 rings (SSSR count). The highest BCUT2D eigenvalue weighted by molar-refractivity contribution is 9.10. The van der Waals surface area contributed by atoms with Crippen LogP contribution in [0.25, 0.3) is 11.0 Å². The van der Waals surface area contributed by atoms with E-state index in [0.29, 0.717) is 50.5 Å². The van der Waals surface area contributed by atoms with Crippen LogP contribution in [-0.4, -0.2) is 42.9 Å². The van der Waals surface area contributed by atoms with Gasteiger partial charge >= 0.3 is 0 Å². The summed E-state index contributed by atoms with van der Waals surface area (Å²) in [5.74, 6) is -0.157. The summed E-state index contributed by atoms with van der Waals surface area (Å²) in [4.78, 5) is 14.4. The van der Waals surface area contributed by atoms with E-state index in [9.17, 15) is 4.79 Å². The van der Waals surface area contributed by atoms with Crippen molar-refractivity contribution in [1.29, 1.82) is 0 Å². The zero-order chi connectivity index (χ0) is 15.2. The molecule has 0 unspecified atom stereocenters. The molecule has 2 saturated heterocycles. The van der Waals surface area contributed by atoms with Crippen LogP contribution in [0.5, 0.6) is 0 Å². The van der Waals surface area contributed by atoms with Crippen molar-refractivity contribution in [3.05, 3.63) is 34.5 Å². The second kappa shape index (κ2) is 5.37. The number of piperidine rings is 1. The van der Waals surface area contributed by atoms with Gasteiger partial charge in [0.25, 0.3) is 5.91 Å². The second-order valence-corrected chi connectivity index (χ2v) is 6.52. The second-order valence-electron chi connectivity index (χ2n) is 5.67. The van der Waals surface area contributed by atoms with Gasteiger partial charge in [-0.2, -0.15) is 0 Å². The van der Waals surface area contributed by atoms with Crippen LogP contribution < -0.4 is 0 Å². The molecule has 0 saturated carbocycles. The molecular formula is C16H16BrNO4. The Balaban J connectivity index is 1.53. The summed E-state index contributed by atoms with van der Waals surface area (Å²) in [6.45, 7) is 2.53. The minimum atomic E-state index is -0.465. The molecule has 0 radical (unpaired) electrons. The monoisotopic (exact) mass is 365 g/mol. The number of amides is 1. The van der Waals surface area contributed by atoms with Crippen LogP contribution in [0.2, 0.25) is 0 Å². The van der Waals surface area contributed by atoms with Crippen LogP contribution in [0.15, 0.2) is 33.2 Å². The van der Waals surface area contributed by atoms with Gasteiger partial charge in [-0.1, -0.05) is 12.1 Å². The topological polar surface area (TPSA) is 51.9 Å². The Bertz CT molecular complexity index is 710. The first-order chi connectivity index (χ1) is 10.7. The summed E-state index contributed by atoms with van der Waals surface area (Å²) in [6, 6.07) is 7.57. The zero-order valence-corrected chi connectivity index (χ0v) is 13.6. The van der Waals surface area contributed by atoms with Crippen molar-refractivity contribution in [3.8, 4) is 0 Å². The Morgan fingerprint density at radius 2 is 1.91 bits per heavy atom. The molecule has 116 valence electrons. The minimum absolute atomic E-state index is 0.0732. The molecule has 1 aromatic carbocycles. The summed E-state index contributed by atoms with van der Waals surface area (Å²) >= 11 is 3.44. The number of carbonyl (C=O) groups excluding carboxylic acids is 1. The smallest absolute Gasteiger partial charge is 0.289 e. The van der Waals surface area contributed by atoms with Crippen molar-refractivity contribution in [3.63, 3.8) is 0 Å². The lowest BCUT2D eigenvalue weighted by atomic mass is 10.0. The van der Waals surface area contributed by atoms with E-state index >= 15 is 0 Å². The van der Waals surface area contributed by atoms with E-state index in [1.807, 2.05) is 23.1 Å². The molecule has 5 nitrogen and oxygen atoms in total. The fourth-order valence-electron chi connectivity index (χ4n) is 3.12. The lowest BCUT2D eigenvalue weighted by Crippen LogP contribution is -2.47. The van der Waals surface area contributed by atoms with Gasteiger partial charge in [0.1, 0.15) is 5.58 Å². The van der Waals surface area contributed by atoms with Crippen LogP contribution >= 0.6 is 15.9 Å². The van der Waals surface area contributed by atoms with E-state index in [4.69, 9.17) is 13.9 Å². The van der Waals surface area contributed by atoms with Gasteiger partial charge < -0.3 is 18.8 Å². The number of hydrogen-bond acceptors (Lipinski definition) is 4. The van der Waals surface area contributed by atoms with Gasteiger partial charge in [-0.25, -0.2) is 0 Å². The van der Waals surface area contributed by atoms with Gasteiger partial charge in [0.05, 0.1) is 17.7 Å². The fourth-order valence-corrected chi connectivity index (χ4v) is 3.59. The molecular weight excluding hydrogens is 350 g/mol. The van der Waals surface area contributed by atoms with E-state index in [2.05, 4.69) is 15.9 Å². The summed E-state index contributed by atoms with van der Waals surface area (Å²) < 4.78 is 18.0. The molecule has 0 bridgehead atoms. The Hall–Kier alpha value is -1.37. The molecule has 2 fully saturated rings. The number of furan rings is 1. The molecule has 0 atom stereocenters. The molecule has 0 aliphatic carbocycles. The van der Waals surface area contributed by atoms with Gasteiger partial charge in [0, 0.05) is 31.3 Å². The minimum Gasteiger partial charge on any atom is -0.450 e. The third-order valence-electron chi connectivity index (χ3n) is 4.33. The number of rotatable bonds is 1. The van der Waals surface area contributed by atoms with Crippen molar-refractivity contribution in [2.45, 2.75) is 18.6 Å². The average molecular weight is 366 g/mol. The van der Waals surface area contributed by atoms with Gasteiger partial charge in [-0.05, 0) is 28.1 Å². The van der Waals surface area contributed by atoms with E-state index in [1.54, 1.807) is 6.07 Å². The number of benzene rings is 1. The fraction of sp³-hybridized carbons (Fsp3) is 0.438. The maximum Gasteiger partial charge on any atom is 0.289 e. The lowest BCUT2D eigenvalue weighted by molar-refractivity contribution is -0.181. The molecule has 6 heteroatoms. The van der Waals surface area contributed by atoms with Gasteiger partial charge in [-0.15, -0.1) is 0 Å². The van der Waals surface area contributed by atoms with Crippen molar-refractivity contribution < 1.29 is 18.7 Å². The van der Waals surface area contributed by atoms with Crippen molar-refractivity contribution in [1.82, 2.24) is 4.90 Å². The molecule has 0 N–H and O–H groups in total. The van der Waals surface area contributed by atoms with E-state index < -0.39 is 5.79 Å². The van der Waals surface area contributed by atoms with E-state index in [1.165, 1.54) is 0 Å². The predicted molar refractivity (Wildman–Crippen MR) is 83.7 cm³/mol. The zero-order valence-electron chi connectivity index (χ0n) is 12.0. The highest BCUT2D eigenvalue weighted by atomic mass is 79.9. The molecule has 3 heterocycles. The average Bonchev–Trinajstić information content (AvgIpc) is 3.15. The van der Waals surface area contributed by atoms with E-state index in [0.717, 1.165) is 9.86 Å². The number of hydrogen-bond donors (Lipinski definition) is 0. The van der Waals surface area contributed by atoms with Crippen LogP contribution in [0.1, 0.15) is 23.4 Å². The van der Waals surface area contributed by atoms with Crippen LogP contribution in [0.4, 0.5) is 0 Å². The van der Waals surface area contributed by atoms with Crippen LogP contribution in [-0.2, 0) is 9.47 Å². The SMILES string of the molecule is O=C(c1cc2cccc(Br)c2o1)N1CCC2(CC1)OCCO2. The Labute approximate surface area is 136 Å². The lowest BCUT2D eigenvalue weighted by Gasteiger charge is -2.37. The number of fused-ring (bicyclic) bond motifs is 1. The third kappa shape index (κ3) is 2.35. The maximum absolute atomic E-state index is 12.6. The van der Waals surface area contributed by atoms with Crippen LogP contribution in [0.3, 0.4) is 0 Å². The molecule has 2 aromatic rings. The molecule has 2 aliphatic rings. The van der Waals surface area contributed by atoms with Gasteiger partial charge in [-0.3, -0.25) is 4.79 Å². The third-order valence-corrected chi connectivity index (χ3v) is 4.96. The maximum atomic E-state index is 12.6. The number of likely N-dealkylation sites (tertiary alicyclic amines) is 1. The summed E-state index contributed by atoms with van der Waals surface area (Å²) in [7, 11) is 0. The van der Waals surface area contributed by atoms with Crippen molar-refractivity contribution >= 4 is 32.8 Å². The highest BCUT2D eigenvalue weighted by Crippen LogP contribution is 2.33. The number of halogens is 1. The quantitative estimate of drug-likeness (QED) is 0.778. The predicted octanol–water partition coefficient (Wildman–Crippen LogP) is 3.17. The standard InChI is InChI=1S/C16H16BrNO4/c17-12-3-1-2-11-10-13(22-14(11)12)15(19)18-6-4-16(5-7-18)20-8-9-21-16/h1-3,10H,4-9H2. The summed E-state index contributed by atoms with van der Waals surface area (Å²) in [5.41, 5.74) is 0.710.